The lowest BCUT2D eigenvalue weighted by molar-refractivity contribution is -0.183. The van der Waals surface area contributed by atoms with Crippen molar-refractivity contribution < 1.29 is 17.9 Å². The number of hydrogen-bond acceptors (Lipinski definition) is 2. The highest BCUT2D eigenvalue weighted by atomic mass is 19.4. The molecule has 0 spiro atoms. The Bertz CT molecular complexity index is 526. The number of rotatable bonds is 5. The number of ether oxygens (including phenoxy) is 1. The van der Waals surface area contributed by atoms with E-state index in [1.807, 2.05) is 24.3 Å². The van der Waals surface area contributed by atoms with Gasteiger partial charge in [0.2, 0.25) is 0 Å². The third kappa shape index (κ3) is 4.88. The normalized spacial score (nSPS) is 25.8. The molecule has 0 aromatic heterocycles. The molecule has 1 aromatic carbocycles. The second kappa shape index (κ2) is 7.77. The maximum Gasteiger partial charge on any atom is 0.391 e. The molecule has 24 heavy (non-hydrogen) atoms. The molecule has 0 saturated heterocycles. The van der Waals surface area contributed by atoms with Gasteiger partial charge in [-0.1, -0.05) is 18.6 Å². The highest BCUT2D eigenvalue weighted by molar-refractivity contribution is 5.28. The van der Waals surface area contributed by atoms with Crippen molar-refractivity contribution in [2.75, 3.05) is 0 Å². The third-order valence-electron chi connectivity index (χ3n) is 5.24. The molecule has 0 unspecified atom stereocenters. The van der Waals surface area contributed by atoms with Crippen LogP contribution < -0.4 is 10.1 Å². The molecule has 0 amide bonds. The van der Waals surface area contributed by atoms with Crippen LogP contribution in [0.25, 0.3) is 0 Å². The number of halogens is 3. The Morgan fingerprint density at radius 2 is 1.83 bits per heavy atom. The van der Waals surface area contributed by atoms with E-state index >= 15 is 0 Å². The predicted molar refractivity (Wildman–Crippen MR) is 88.0 cm³/mol. The van der Waals surface area contributed by atoms with E-state index in [1.54, 1.807) is 0 Å². The van der Waals surface area contributed by atoms with Crippen LogP contribution in [-0.2, 0) is 6.54 Å². The molecular formula is C19H26F3NO. The summed E-state index contributed by atoms with van der Waals surface area (Å²) in [7, 11) is 0. The molecule has 2 saturated carbocycles. The maximum absolute atomic E-state index is 12.9. The average molecular weight is 341 g/mol. The van der Waals surface area contributed by atoms with Crippen LogP contribution in [0.15, 0.2) is 24.3 Å². The van der Waals surface area contributed by atoms with Crippen molar-refractivity contribution in [1.29, 1.82) is 0 Å². The minimum atomic E-state index is -4.06. The maximum atomic E-state index is 12.9. The van der Waals surface area contributed by atoms with E-state index in [4.69, 9.17) is 4.74 Å². The van der Waals surface area contributed by atoms with Gasteiger partial charge in [0.1, 0.15) is 5.75 Å². The molecule has 134 valence electrons. The summed E-state index contributed by atoms with van der Waals surface area (Å²) in [6.45, 7) is 0.594. The monoisotopic (exact) mass is 341 g/mol. The van der Waals surface area contributed by atoms with Gasteiger partial charge in [0.05, 0.1) is 12.0 Å². The summed E-state index contributed by atoms with van der Waals surface area (Å²) >= 11 is 0. The van der Waals surface area contributed by atoms with Crippen molar-refractivity contribution in [2.24, 2.45) is 5.92 Å². The van der Waals surface area contributed by atoms with Gasteiger partial charge in [-0.3, -0.25) is 0 Å². The SMILES string of the molecule is FC(F)(F)[C@H]1CCC[C@H](NCc2cccc(OC3CCCC3)c2)C1. The number of benzene rings is 1. The largest absolute Gasteiger partial charge is 0.490 e. The lowest BCUT2D eigenvalue weighted by Crippen LogP contribution is -2.38. The van der Waals surface area contributed by atoms with Crippen molar-refractivity contribution in [3.63, 3.8) is 0 Å². The van der Waals surface area contributed by atoms with E-state index in [-0.39, 0.29) is 18.9 Å². The second-order valence-electron chi connectivity index (χ2n) is 7.15. The minimum Gasteiger partial charge on any atom is -0.490 e. The first-order chi connectivity index (χ1) is 11.5. The number of hydrogen-bond donors (Lipinski definition) is 1. The molecule has 0 aliphatic heterocycles. The molecule has 0 radical (unpaired) electrons. The molecule has 0 bridgehead atoms. The molecule has 2 nitrogen and oxygen atoms in total. The first-order valence-electron chi connectivity index (χ1n) is 9.06. The predicted octanol–water partition coefficient (Wildman–Crippen LogP) is 5.22. The number of nitrogens with one attached hydrogen (secondary N) is 1. The Kier molecular flexibility index (Phi) is 5.69. The summed E-state index contributed by atoms with van der Waals surface area (Å²) < 4.78 is 44.6. The third-order valence-corrected chi connectivity index (χ3v) is 5.24. The fraction of sp³-hybridized carbons (Fsp3) is 0.684. The summed E-state index contributed by atoms with van der Waals surface area (Å²) in [6, 6.07) is 7.88. The molecule has 2 fully saturated rings. The molecule has 5 heteroatoms. The van der Waals surface area contributed by atoms with Crippen molar-refractivity contribution in [1.82, 2.24) is 5.32 Å². The topological polar surface area (TPSA) is 21.3 Å². The average Bonchev–Trinajstić information content (AvgIpc) is 3.06. The standard InChI is InChI=1S/C19H26F3NO/c20-19(21,22)15-6-4-7-16(12-15)23-13-14-5-3-10-18(11-14)24-17-8-1-2-9-17/h3,5,10-11,15-17,23H,1-2,4,6-9,12-13H2/t15-,16-/m0/s1. The van der Waals surface area contributed by atoms with Gasteiger partial charge in [-0.05, 0) is 62.6 Å². The second-order valence-corrected chi connectivity index (χ2v) is 7.15. The smallest absolute Gasteiger partial charge is 0.391 e. The first kappa shape index (κ1) is 17.6. The van der Waals surface area contributed by atoms with Crippen LogP contribution in [-0.4, -0.2) is 18.3 Å². The molecule has 0 heterocycles. The fourth-order valence-corrected chi connectivity index (χ4v) is 3.86. The Labute approximate surface area is 141 Å². The minimum absolute atomic E-state index is 0.0511. The molecule has 2 aliphatic carbocycles. The fourth-order valence-electron chi connectivity index (χ4n) is 3.86. The van der Waals surface area contributed by atoms with Gasteiger partial charge in [0.15, 0.2) is 0 Å². The Hall–Kier alpha value is -1.23. The van der Waals surface area contributed by atoms with Crippen molar-refractivity contribution in [3.05, 3.63) is 29.8 Å². The summed E-state index contributed by atoms with van der Waals surface area (Å²) in [5.41, 5.74) is 1.07. The lowest BCUT2D eigenvalue weighted by atomic mass is 9.85. The summed E-state index contributed by atoms with van der Waals surface area (Å²) in [5, 5.41) is 3.31. The highest BCUT2D eigenvalue weighted by Crippen LogP contribution is 2.37. The summed E-state index contributed by atoms with van der Waals surface area (Å²) in [4.78, 5) is 0. The molecule has 2 atom stereocenters. The zero-order valence-corrected chi connectivity index (χ0v) is 13.9. The van der Waals surface area contributed by atoms with Gasteiger partial charge in [-0.25, -0.2) is 0 Å². The van der Waals surface area contributed by atoms with Crippen molar-refractivity contribution in [3.8, 4) is 5.75 Å². The molecule has 2 aliphatic rings. The van der Waals surface area contributed by atoms with E-state index in [0.29, 0.717) is 19.1 Å². The van der Waals surface area contributed by atoms with Gasteiger partial charge < -0.3 is 10.1 Å². The van der Waals surface area contributed by atoms with Gasteiger partial charge in [-0.2, -0.15) is 13.2 Å². The van der Waals surface area contributed by atoms with Crippen LogP contribution in [0, 0.1) is 5.92 Å². The Morgan fingerprint density at radius 3 is 2.58 bits per heavy atom. The van der Waals surface area contributed by atoms with Crippen LogP contribution >= 0.6 is 0 Å². The zero-order chi connectivity index (χ0) is 17.0. The van der Waals surface area contributed by atoms with E-state index in [1.165, 1.54) is 12.8 Å². The molecule has 3 rings (SSSR count). The van der Waals surface area contributed by atoms with Crippen LogP contribution in [0.5, 0.6) is 5.75 Å². The molecular weight excluding hydrogens is 315 g/mol. The van der Waals surface area contributed by atoms with Crippen LogP contribution in [0.2, 0.25) is 0 Å². The summed E-state index contributed by atoms with van der Waals surface area (Å²) in [6.07, 6.45) is 2.88. The number of alkyl halides is 3. The first-order valence-corrected chi connectivity index (χ1v) is 9.06. The van der Waals surface area contributed by atoms with E-state index < -0.39 is 12.1 Å². The van der Waals surface area contributed by atoms with Gasteiger partial charge in [0.25, 0.3) is 0 Å². The zero-order valence-electron chi connectivity index (χ0n) is 13.9. The Morgan fingerprint density at radius 1 is 1.04 bits per heavy atom. The van der Waals surface area contributed by atoms with Gasteiger partial charge in [0, 0.05) is 12.6 Å². The van der Waals surface area contributed by atoms with E-state index in [9.17, 15) is 13.2 Å². The Balaban J connectivity index is 1.50. The van der Waals surface area contributed by atoms with Crippen molar-refractivity contribution >= 4 is 0 Å². The molecule has 1 N–H and O–H groups in total. The highest BCUT2D eigenvalue weighted by Gasteiger charge is 2.41. The van der Waals surface area contributed by atoms with E-state index in [0.717, 1.165) is 30.6 Å². The van der Waals surface area contributed by atoms with Crippen LogP contribution in [0.1, 0.15) is 56.9 Å². The molecule has 1 aromatic rings. The van der Waals surface area contributed by atoms with Crippen LogP contribution in [0.3, 0.4) is 0 Å². The van der Waals surface area contributed by atoms with Crippen molar-refractivity contribution in [2.45, 2.75) is 76.2 Å². The van der Waals surface area contributed by atoms with Crippen LogP contribution in [0.4, 0.5) is 13.2 Å². The quantitative estimate of drug-likeness (QED) is 0.793. The summed E-state index contributed by atoms with van der Waals surface area (Å²) in [5.74, 6) is -0.279. The van der Waals surface area contributed by atoms with E-state index in [2.05, 4.69) is 5.32 Å². The van der Waals surface area contributed by atoms with Gasteiger partial charge in [-0.15, -0.1) is 0 Å². The van der Waals surface area contributed by atoms with Gasteiger partial charge >= 0.3 is 6.18 Å². The lowest BCUT2D eigenvalue weighted by Gasteiger charge is -2.31.